The van der Waals surface area contributed by atoms with Gasteiger partial charge in [-0.05, 0) is 30.5 Å². The number of aryl methyl sites for hydroxylation is 1. The van der Waals surface area contributed by atoms with Crippen LogP contribution in [0.25, 0.3) is 11.1 Å². The van der Waals surface area contributed by atoms with Crippen molar-refractivity contribution in [3.05, 3.63) is 46.5 Å². The van der Waals surface area contributed by atoms with Crippen LogP contribution in [-0.4, -0.2) is 4.57 Å². The Labute approximate surface area is 98.3 Å². The lowest BCUT2D eigenvalue weighted by Gasteiger charge is -2.23. The summed E-state index contributed by atoms with van der Waals surface area (Å²) < 4.78 is 6.67. The van der Waals surface area contributed by atoms with Crippen LogP contribution < -0.4 is 11.5 Å². The van der Waals surface area contributed by atoms with Gasteiger partial charge in [-0.1, -0.05) is 18.2 Å². The van der Waals surface area contributed by atoms with Crippen molar-refractivity contribution >= 4 is 11.1 Å². The van der Waals surface area contributed by atoms with E-state index in [4.69, 9.17) is 10.2 Å². The molecule has 4 heteroatoms. The lowest BCUT2D eigenvalue weighted by atomic mass is 9.88. The van der Waals surface area contributed by atoms with Gasteiger partial charge in [0.2, 0.25) is 0 Å². The molecule has 1 aliphatic carbocycles. The van der Waals surface area contributed by atoms with E-state index in [0.29, 0.717) is 5.58 Å². The summed E-state index contributed by atoms with van der Waals surface area (Å²) in [6.45, 7) is 0. The molecule has 0 saturated carbocycles. The van der Waals surface area contributed by atoms with E-state index in [1.54, 1.807) is 7.05 Å². The van der Waals surface area contributed by atoms with E-state index in [9.17, 15) is 4.79 Å². The van der Waals surface area contributed by atoms with Crippen molar-refractivity contribution in [2.75, 3.05) is 0 Å². The average Bonchev–Trinajstić information content (AvgIpc) is 2.86. The van der Waals surface area contributed by atoms with E-state index < -0.39 is 0 Å². The van der Waals surface area contributed by atoms with E-state index in [0.717, 1.165) is 23.9 Å². The average molecular weight is 230 g/mol. The Bertz CT molecular complexity index is 656. The first-order valence-electron chi connectivity index (χ1n) is 5.64. The second kappa shape index (κ2) is 3.34. The van der Waals surface area contributed by atoms with Crippen LogP contribution in [0.2, 0.25) is 0 Å². The molecule has 0 unspecified atom stereocenters. The third kappa shape index (κ3) is 1.45. The molecule has 1 heterocycles. The fourth-order valence-corrected chi connectivity index (χ4v) is 2.35. The van der Waals surface area contributed by atoms with Gasteiger partial charge in [-0.25, -0.2) is 4.79 Å². The van der Waals surface area contributed by atoms with E-state index in [1.807, 2.05) is 18.2 Å². The molecule has 2 aromatic rings. The number of benzene rings is 1. The summed E-state index contributed by atoms with van der Waals surface area (Å²) in [5, 5.41) is 0. The number of hydrogen-bond donors (Lipinski definition) is 1. The normalized spacial score (nSPS) is 18.0. The maximum Gasteiger partial charge on any atom is 0.419 e. The highest BCUT2D eigenvalue weighted by Crippen LogP contribution is 2.33. The summed E-state index contributed by atoms with van der Waals surface area (Å²) in [7, 11) is 1.70. The SMILES string of the molecule is Cn1c(=O)oc2cc(C3(N)CC=CC3)ccc21. The lowest BCUT2D eigenvalue weighted by molar-refractivity contribution is 0.478. The predicted octanol–water partition coefficient (Wildman–Crippen LogP) is 1.64. The Hall–Kier alpha value is -1.81. The van der Waals surface area contributed by atoms with Crippen LogP contribution in [0.3, 0.4) is 0 Å². The topological polar surface area (TPSA) is 61.2 Å². The molecular formula is C13H14N2O2. The zero-order chi connectivity index (χ0) is 12.0. The van der Waals surface area contributed by atoms with Crippen LogP contribution in [0.15, 0.2) is 39.6 Å². The van der Waals surface area contributed by atoms with Gasteiger partial charge >= 0.3 is 5.76 Å². The van der Waals surface area contributed by atoms with Crippen molar-refractivity contribution in [2.45, 2.75) is 18.4 Å². The third-order valence-corrected chi connectivity index (χ3v) is 3.50. The minimum Gasteiger partial charge on any atom is -0.408 e. The molecule has 0 atom stereocenters. The van der Waals surface area contributed by atoms with Crippen LogP contribution in [0, 0.1) is 0 Å². The van der Waals surface area contributed by atoms with Gasteiger partial charge in [-0.15, -0.1) is 0 Å². The zero-order valence-corrected chi connectivity index (χ0v) is 9.64. The maximum absolute atomic E-state index is 11.4. The highest BCUT2D eigenvalue weighted by atomic mass is 16.4. The van der Waals surface area contributed by atoms with Gasteiger partial charge in [0, 0.05) is 12.6 Å². The molecule has 2 N–H and O–H groups in total. The van der Waals surface area contributed by atoms with E-state index >= 15 is 0 Å². The molecular weight excluding hydrogens is 216 g/mol. The second-order valence-electron chi connectivity index (χ2n) is 4.65. The molecule has 17 heavy (non-hydrogen) atoms. The number of nitrogens with zero attached hydrogens (tertiary/aromatic N) is 1. The molecule has 1 aliphatic rings. The summed E-state index contributed by atoms with van der Waals surface area (Å²) in [4.78, 5) is 11.4. The molecule has 0 fully saturated rings. The van der Waals surface area contributed by atoms with Gasteiger partial charge in [-0.2, -0.15) is 0 Å². The number of hydrogen-bond acceptors (Lipinski definition) is 3. The third-order valence-electron chi connectivity index (χ3n) is 3.50. The van der Waals surface area contributed by atoms with Gasteiger partial charge in [0.15, 0.2) is 5.58 Å². The number of rotatable bonds is 1. The first-order chi connectivity index (χ1) is 8.10. The lowest BCUT2D eigenvalue weighted by Crippen LogP contribution is -2.33. The Balaban J connectivity index is 2.17. The fraction of sp³-hybridized carbons (Fsp3) is 0.308. The van der Waals surface area contributed by atoms with E-state index in [2.05, 4.69) is 12.2 Å². The molecule has 0 radical (unpaired) electrons. The first-order valence-corrected chi connectivity index (χ1v) is 5.64. The van der Waals surface area contributed by atoms with Gasteiger partial charge < -0.3 is 10.2 Å². The molecule has 88 valence electrons. The monoisotopic (exact) mass is 230 g/mol. The number of oxazole rings is 1. The smallest absolute Gasteiger partial charge is 0.408 e. The van der Waals surface area contributed by atoms with Crippen molar-refractivity contribution in [1.29, 1.82) is 0 Å². The maximum atomic E-state index is 11.4. The quantitative estimate of drug-likeness (QED) is 0.757. The van der Waals surface area contributed by atoms with Crippen molar-refractivity contribution in [1.82, 2.24) is 4.57 Å². The van der Waals surface area contributed by atoms with E-state index in [1.165, 1.54) is 4.57 Å². The minimum absolute atomic E-state index is 0.340. The van der Waals surface area contributed by atoms with Crippen molar-refractivity contribution in [3.8, 4) is 0 Å². The van der Waals surface area contributed by atoms with Gasteiger partial charge in [0.05, 0.1) is 5.52 Å². The molecule has 0 bridgehead atoms. The number of nitrogens with two attached hydrogens (primary N) is 1. The van der Waals surface area contributed by atoms with Gasteiger partial charge in [0.25, 0.3) is 0 Å². The summed E-state index contributed by atoms with van der Waals surface area (Å²) >= 11 is 0. The number of fused-ring (bicyclic) bond motifs is 1. The van der Waals surface area contributed by atoms with Crippen LogP contribution in [0.4, 0.5) is 0 Å². The van der Waals surface area contributed by atoms with Crippen molar-refractivity contribution in [3.63, 3.8) is 0 Å². The molecule has 0 amide bonds. The number of aromatic nitrogens is 1. The van der Waals surface area contributed by atoms with Crippen molar-refractivity contribution in [2.24, 2.45) is 12.8 Å². The summed E-state index contributed by atoms with van der Waals surface area (Å²) in [5.74, 6) is -0.340. The summed E-state index contributed by atoms with van der Waals surface area (Å²) in [6, 6.07) is 5.75. The molecule has 3 rings (SSSR count). The summed E-state index contributed by atoms with van der Waals surface area (Å²) in [6.07, 6.45) is 5.84. The Morgan fingerprint density at radius 1 is 1.35 bits per heavy atom. The van der Waals surface area contributed by atoms with Crippen molar-refractivity contribution < 1.29 is 4.42 Å². The summed E-state index contributed by atoms with van der Waals surface area (Å²) in [5.41, 5.74) is 8.40. The minimum atomic E-state index is -0.345. The Morgan fingerprint density at radius 2 is 2.06 bits per heavy atom. The highest BCUT2D eigenvalue weighted by molar-refractivity contribution is 5.74. The van der Waals surface area contributed by atoms with Crippen LogP contribution in [-0.2, 0) is 12.6 Å². The molecule has 0 aliphatic heterocycles. The molecule has 1 aromatic carbocycles. The standard InChI is InChI=1S/C13H14N2O2/c1-15-10-5-4-9(8-11(10)17-12(15)16)13(14)6-2-3-7-13/h2-5,8H,6-7,14H2,1H3. The van der Waals surface area contributed by atoms with E-state index in [-0.39, 0.29) is 11.3 Å². The molecule has 4 nitrogen and oxygen atoms in total. The Kier molecular flexibility index (Phi) is 2.03. The molecule has 0 spiro atoms. The predicted molar refractivity (Wildman–Crippen MR) is 65.7 cm³/mol. The van der Waals surface area contributed by atoms with Crippen LogP contribution >= 0.6 is 0 Å². The molecule has 0 saturated heterocycles. The largest absolute Gasteiger partial charge is 0.419 e. The van der Waals surface area contributed by atoms with Crippen LogP contribution in [0.5, 0.6) is 0 Å². The van der Waals surface area contributed by atoms with Gasteiger partial charge in [0.1, 0.15) is 0 Å². The zero-order valence-electron chi connectivity index (χ0n) is 9.64. The van der Waals surface area contributed by atoms with Gasteiger partial charge in [-0.3, -0.25) is 4.57 Å². The Morgan fingerprint density at radius 3 is 2.76 bits per heavy atom. The first kappa shape index (κ1) is 10.4. The highest BCUT2D eigenvalue weighted by Gasteiger charge is 2.28. The van der Waals surface area contributed by atoms with Crippen LogP contribution in [0.1, 0.15) is 18.4 Å². The molecule has 1 aromatic heterocycles. The second-order valence-corrected chi connectivity index (χ2v) is 4.65. The fourth-order valence-electron chi connectivity index (χ4n) is 2.35.